The molecule has 3 rings (SSSR count). The van der Waals surface area contributed by atoms with Crippen molar-refractivity contribution in [1.29, 1.82) is 0 Å². The van der Waals surface area contributed by atoms with Gasteiger partial charge in [0.1, 0.15) is 11.6 Å². The number of halogens is 1. The number of hydrogen-bond donors (Lipinski definition) is 2. The quantitative estimate of drug-likeness (QED) is 0.568. The summed E-state index contributed by atoms with van der Waals surface area (Å²) in [4.78, 5) is 11.1. The molecular weight excluding hydrogens is 353 g/mol. The highest BCUT2D eigenvalue weighted by Gasteiger charge is 2.07. The number of nitrogens with one attached hydrogen (secondary N) is 2. The summed E-state index contributed by atoms with van der Waals surface area (Å²) in [6.45, 7) is 8.68. The molecule has 0 atom stereocenters. The largest absolute Gasteiger partial charge is 0.372 e. The molecule has 0 unspecified atom stereocenters. The van der Waals surface area contributed by atoms with Gasteiger partial charge in [-0.05, 0) is 56.7 Å². The van der Waals surface area contributed by atoms with Crippen molar-refractivity contribution in [2.45, 2.75) is 27.3 Å². The predicted molar refractivity (Wildman–Crippen MR) is 114 cm³/mol. The number of nitrogens with zero attached hydrogens (tertiary/aromatic N) is 3. The van der Waals surface area contributed by atoms with Crippen molar-refractivity contribution in [2.75, 3.05) is 28.6 Å². The van der Waals surface area contributed by atoms with Crippen molar-refractivity contribution in [3.05, 3.63) is 71.7 Å². The Labute approximate surface area is 165 Å². The lowest BCUT2D eigenvalue weighted by molar-refractivity contribution is 0.613. The normalized spacial score (nSPS) is 10.6. The first-order valence-electron chi connectivity index (χ1n) is 9.53. The number of aromatic nitrogens is 2. The van der Waals surface area contributed by atoms with Gasteiger partial charge >= 0.3 is 0 Å². The van der Waals surface area contributed by atoms with Crippen LogP contribution in [0.2, 0.25) is 0 Å². The molecule has 6 heteroatoms. The first kappa shape index (κ1) is 19.6. The van der Waals surface area contributed by atoms with E-state index in [0.717, 1.165) is 24.3 Å². The number of anilines is 4. The van der Waals surface area contributed by atoms with Crippen LogP contribution in [0.3, 0.4) is 0 Å². The first-order valence-corrected chi connectivity index (χ1v) is 9.53. The molecule has 3 aromatic rings. The molecule has 5 nitrogen and oxygen atoms in total. The molecular formula is C22H26FN5. The van der Waals surface area contributed by atoms with Crippen molar-refractivity contribution in [2.24, 2.45) is 0 Å². The molecule has 0 amide bonds. The maximum Gasteiger partial charge on any atom is 0.229 e. The summed E-state index contributed by atoms with van der Waals surface area (Å²) in [6, 6.07) is 14.8. The van der Waals surface area contributed by atoms with Gasteiger partial charge in [-0.25, -0.2) is 9.37 Å². The van der Waals surface area contributed by atoms with Crippen molar-refractivity contribution in [1.82, 2.24) is 9.97 Å². The van der Waals surface area contributed by atoms with Crippen molar-refractivity contribution < 1.29 is 4.39 Å². The zero-order chi connectivity index (χ0) is 19.9. The van der Waals surface area contributed by atoms with Crippen LogP contribution in [0.4, 0.5) is 27.5 Å². The van der Waals surface area contributed by atoms with Crippen LogP contribution in [-0.2, 0) is 6.54 Å². The van der Waals surface area contributed by atoms with Gasteiger partial charge in [-0.3, -0.25) is 0 Å². The highest BCUT2D eigenvalue weighted by atomic mass is 19.1. The third-order valence-electron chi connectivity index (χ3n) is 4.66. The Bertz CT molecular complexity index is 924. The first-order chi connectivity index (χ1) is 13.6. The van der Waals surface area contributed by atoms with E-state index >= 15 is 0 Å². The minimum Gasteiger partial charge on any atom is -0.372 e. The highest BCUT2D eigenvalue weighted by molar-refractivity contribution is 5.64. The number of hydrogen-bond acceptors (Lipinski definition) is 5. The Morgan fingerprint density at radius 1 is 1.04 bits per heavy atom. The van der Waals surface area contributed by atoms with E-state index in [4.69, 9.17) is 0 Å². The monoisotopic (exact) mass is 379 g/mol. The minimum absolute atomic E-state index is 0.230. The Hall–Kier alpha value is -3.15. The maximum atomic E-state index is 13.8. The molecule has 0 fully saturated rings. The average molecular weight is 379 g/mol. The zero-order valence-electron chi connectivity index (χ0n) is 16.5. The molecule has 0 saturated carbocycles. The number of aryl methyl sites for hydroxylation is 1. The Morgan fingerprint density at radius 3 is 2.54 bits per heavy atom. The summed E-state index contributed by atoms with van der Waals surface area (Å²) in [5, 5.41) is 6.41. The third-order valence-corrected chi connectivity index (χ3v) is 4.66. The summed E-state index contributed by atoms with van der Waals surface area (Å²) in [6.07, 6.45) is 1.68. The van der Waals surface area contributed by atoms with E-state index in [-0.39, 0.29) is 5.82 Å². The topological polar surface area (TPSA) is 53.1 Å². The van der Waals surface area contributed by atoms with Crippen LogP contribution < -0.4 is 15.5 Å². The average Bonchev–Trinajstić information content (AvgIpc) is 2.71. The van der Waals surface area contributed by atoms with Gasteiger partial charge in [-0.15, -0.1) is 0 Å². The maximum absolute atomic E-state index is 13.8. The molecule has 0 bridgehead atoms. The van der Waals surface area contributed by atoms with E-state index in [2.05, 4.69) is 58.4 Å². The van der Waals surface area contributed by atoms with Crippen molar-refractivity contribution in [3.63, 3.8) is 0 Å². The van der Waals surface area contributed by atoms with Crippen LogP contribution in [0.15, 0.2) is 54.7 Å². The van der Waals surface area contributed by atoms with Gasteiger partial charge in [-0.2, -0.15) is 4.98 Å². The Kier molecular flexibility index (Phi) is 6.42. The van der Waals surface area contributed by atoms with Crippen molar-refractivity contribution in [3.8, 4) is 0 Å². The molecule has 0 saturated heterocycles. The second-order valence-corrected chi connectivity index (χ2v) is 6.51. The lowest BCUT2D eigenvalue weighted by atomic mass is 10.1. The molecule has 0 spiro atoms. The lowest BCUT2D eigenvalue weighted by Crippen LogP contribution is -2.21. The fourth-order valence-electron chi connectivity index (χ4n) is 3.04. The van der Waals surface area contributed by atoms with Gasteiger partial charge in [0, 0.05) is 42.8 Å². The summed E-state index contributed by atoms with van der Waals surface area (Å²) in [7, 11) is 0. The van der Waals surface area contributed by atoms with E-state index in [0.29, 0.717) is 23.9 Å². The summed E-state index contributed by atoms with van der Waals surface area (Å²) < 4.78 is 13.8. The van der Waals surface area contributed by atoms with Crippen LogP contribution in [0.5, 0.6) is 0 Å². The zero-order valence-corrected chi connectivity index (χ0v) is 16.5. The number of rotatable bonds is 8. The lowest BCUT2D eigenvalue weighted by Gasteiger charge is -2.22. The van der Waals surface area contributed by atoms with E-state index in [1.54, 1.807) is 24.4 Å². The van der Waals surface area contributed by atoms with Gasteiger partial charge in [0.2, 0.25) is 5.95 Å². The molecule has 0 aliphatic rings. The molecule has 146 valence electrons. The molecule has 1 heterocycles. The van der Waals surface area contributed by atoms with Crippen LogP contribution in [0, 0.1) is 12.7 Å². The molecule has 28 heavy (non-hydrogen) atoms. The highest BCUT2D eigenvalue weighted by Crippen LogP contribution is 2.24. The molecule has 2 aromatic carbocycles. The fraction of sp³-hybridized carbons (Fsp3) is 0.273. The van der Waals surface area contributed by atoms with Crippen LogP contribution in [-0.4, -0.2) is 23.1 Å². The van der Waals surface area contributed by atoms with Gasteiger partial charge in [0.05, 0.1) is 0 Å². The van der Waals surface area contributed by atoms with Crippen LogP contribution in [0.1, 0.15) is 25.0 Å². The van der Waals surface area contributed by atoms with Crippen LogP contribution in [0.25, 0.3) is 0 Å². The van der Waals surface area contributed by atoms with Gasteiger partial charge < -0.3 is 15.5 Å². The standard InChI is InChI=1S/C22H26FN5/c1-4-28(5-2)18-10-11-20(16(3)14-18)26-22-24-13-12-21(27-22)25-15-17-8-6-7-9-19(17)23/h6-14H,4-5,15H2,1-3H3,(H2,24,25,26,27). The predicted octanol–water partition coefficient (Wildman–Crippen LogP) is 5.13. The van der Waals surface area contributed by atoms with Gasteiger partial charge in [0.25, 0.3) is 0 Å². The molecule has 1 aromatic heterocycles. The van der Waals surface area contributed by atoms with E-state index < -0.39 is 0 Å². The molecule has 0 aliphatic carbocycles. The number of benzene rings is 2. The molecule has 0 radical (unpaired) electrons. The van der Waals surface area contributed by atoms with Gasteiger partial charge in [0.15, 0.2) is 0 Å². The van der Waals surface area contributed by atoms with Crippen molar-refractivity contribution >= 4 is 23.1 Å². The van der Waals surface area contributed by atoms with E-state index in [1.807, 2.05) is 12.1 Å². The summed E-state index contributed by atoms with van der Waals surface area (Å²) in [5.74, 6) is 0.904. The molecule has 2 N–H and O–H groups in total. The smallest absolute Gasteiger partial charge is 0.229 e. The fourth-order valence-corrected chi connectivity index (χ4v) is 3.04. The third kappa shape index (κ3) is 4.76. The SMILES string of the molecule is CCN(CC)c1ccc(Nc2nccc(NCc3ccccc3F)n2)c(C)c1. The second-order valence-electron chi connectivity index (χ2n) is 6.51. The van der Waals surface area contributed by atoms with E-state index in [1.165, 1.54) is 11.8 Å². The van der Waals surface area contributed by atoms with Crippen LogP contribution >= 0.6 is 0 Å². The van der Waals surface area contributed by atoms with Gasteiger partial charge in [-0.1, -0.05) is 18.2 Å². The summed E-state index contributed by atoms with van der Waals surface area (Å²) >= 11 is 0. The summed E-state index contributed by atoms with van der Waals surface area (Å²) in [5.41, 5.74) is 3.88. The second kappa shape index (κ2) is 9.17. The minimum atomic E-state index is -0.230. The molecule has 0 aliphatic heterocycles. The Morgan fingerprint density at radius 2 is 1.82 bits per heavy atom. The van der Waals surface area contributed by atoms with E-state index in [9.17, 15) is 4.39 Å². The Balaban J connectivity index is 1.70.